The lowest BCUT2D eigenvalue weighted by atomic mass is 10.2. The summed E-state index contributed by atoms with van der Waals surface area (Å²) in [6, 6.07) is 7.18. The zero-order valence-electron chi connectivity index (χ0n) is 12.9. The largest absolute Gasteiger partial charge is 0.448 e. The van der Waals surface area contributed by atoms with Gasteiger partial charge in [0.25, 0.3) is 5.91 Å². The van der Waals surface area contributed by atoms with Crippen LogP contribution in [0, 0.1) is 0 Å². The first kappa shape index (κ1) is 17.6. The summed E-state index contributed by atoms with van der Waals surface area (Å²) in [5.74, 6) is -1.31. The Morgan fingerprint density at radius 2 is 1.79 bits per heavy atom. The Bertz CT molecular complexity index is 736. The Hall–Kier alpha value is -2.77. The molecule has 0 unspecified atom stereocenters. The molecule has 1 heterocycles. The number of benzene rings is 1. The lowest BCUT2D eigenvalue weighted by molar-refractivity contribution is -0.137. The van der Waals surface area contributed by atoms with Gasteiger partial charge >= 0.3 is 12.1 Å². The van der Waals surface area contributed by atoms with Gasteiger partial charge in [-0.3, -0.25) is 4.79 Å². The zero-order chi connectivity index (χ0) is 17.9. The van der Waals surface area contributed by atoms with Gasteiger partial charge in [-0.25, -0.2) is 4.79 Å². The summed E-state index contributed by atoms with van der Waals surface area (Å²) in [6.45, 7) is 1.38. The fraction of sp³-hybridized carbons (Fsp3) is 0.250. The number of carbonyl (C=O) groups excluding carboxylic acids is 2. The Kier molecular flexibility index (Phi) is 4.96. The molecule has 0 aliphatic heterocycles. The van der Waals surface area contributed by atoms with Crippen LogP contribution in [0.5, 0.6) is 0 Å². The van der Waals surface area contributed by atoms with Crippen molar-refractivity contribution in [2.45, 2.75) is 19.2 Å². The molecule has 1 aromatic heterocycles. The fourth-order valence-electron chi connectivity index (χ4n) is 1.93. The third-order valence-corrected chi connectivity index (χ3v) is 3.29. The summed E-state index contributed by atoms with van der Waals surface area (Å²) in [4.78, 5) is 23.9. The molecule has 8 heteroatoms. The lowest BCUT2D eigenvalue weighted by Gasteiger charge is -2.14. The van der Waals surface area contributed by atoms with Gasteiger partial charge in [-0.05, 0) is 43.3 Å². The smallest absolute Gasteiger partial charge is 0.416 e. The average molecular weight is 340 g/mol. The molecule has 1 amide bonds. The van der Waals surface area contributed by atoms with Crippen LogP contribution in [0.15, 0.2) is 42.6 Å². The molecule has 0 saturated heterocycles. The van der Waals surface area contributed by atoms with E-state index >= 15 is 0 Å². The minimum absolute atomic E-state index is 0.176. The second-order valence-corrected chi connectivity index (χ2v) is 5.12. The predicted octanol–water partition coefficient (Wildman–Crippen LogP) is 3.23. The number of hydrogen-bond acceptors (Lipinski definition) is 3. The number of nitrogens with one attached hydrogen (secondary N) is 1. The number of aromatic nitrogens is 1. The number of rotatable bonds is 4. The van der Waals surface area contributed by atoms with Crippen molar-refractivity contribution >= 4 is 17.6 Å². The van der Waals surface area contributed by atoms with Crippen LogP contribution in [0.1, 0.15) is 23.0 Å². The second-order valence-electron chi connectivity index (χ2n) is 5.12. The molecule has 0 radical (unpaired) electrons. The van der Waals surface area contributed by atoms with Crippen molar-refractivity contribution < 1.29 is 27.5 Å². The first-order valence-electron chi connectivity index (χ1n) is 6.99. The molecule has 0 aliphatic carbocycles. The Morgan fingerprint density at radius 1 is 1.17 bits per heavy atom. The van der Waals surface area contributed by atoms with E-state index in [-0.39, 0.29) is 11.4 Å². The van der Waals surface area contributed by atoms with Gasteiger partial charge in [-0.2, -0.15) is 13.2 Å². The minimum atomic E-state index is -4.44. The van der Waals surface area contributed by atoms with Crippen LogP contribution in [0.4, 0.5) is 18.9 Å². The van der Waals surface area contributed by atoms with Crippen LogP contribution in [0.3, 0.4) is 0 Å². The number of carbonyl (C=O) groups is 2. The third-order valence-electron chi connectivity index (χ3n) is 3.29. The number of nitrogens with zero attached hydrogens (tertiary/aromatic N) is 1. The molecule has 128 valence electrons. The zero-order valence-corrected chi connectivity index (χ0v) is 12.9. The number of halogens is 3. The highest BCUT2D eigenvalue weighted by atomic mass is 19.4. The van der Waals surface area contributed by atoms with Crippen molar-refractivity contribution in [1.29, 1.82) is 0 Å². The molecule has 2 aromatic rings. The van der Waals surface area contributed by atoms with Crippen LogP contribution < -0.4 is 5.32 Å². The van der Waals surface area contributed by atoms with E-state index in [1.807, 2.05) is 0 Å². The van der Waals surface area contributed by atoms with Crippen LogP contribution in [0.2, 0.25) is 0 Å². The summed E-state index contributed by atoms with van der Waals surface area (Å²) in [5, 5.41) is 2.40. The number of anilines is 1. The predicted molar refractivity (Wildman–Crippen MR) is 80.4 cm³/mol. The molecule has 0 saturated carbocycles. The van der Waals surface area contributed by atoms with Gasteiger partial charge in [0.05, 0.1) is 5.56 Å². The molecule has 2 rings (SSSR count). The molecular formula is C16H15F3N2O3. The van der Waals surface area contributed by atoms with Gasteiger partial charge in [0, 0.05) is 18.9 Å². The Balaban J connectivity index is 1.96. The molecule has 0 bridgehead atoms. The van der Waals surface area contributed by atoms with E-state index < -0.39 is 29.7 Å². The average Bonchev–Trinajstić information content (AvgIpc) is 2.93. The minimum Gasteiger partial charge on any atom is -0.448 e. The molecule has 1 N–H and O–H groups in total. The molecule has 5 nitrogen and oxygen atoms in total. The van der Waals surface area contributed by atoms with Crippen LogP contribution in [0.25, 0.3) is 0 Å². The quantitative estimate of drug-likeness (QED) is 0.870. The third kappa shape index (κ3) is 4.15. The number of hydrogen-bond donors (Lipinski definition) is 1. The topological polar surface area (TPSA) is 60.3 Å². The van der Waals surface area contributed by atoms with Gasteiger partial charge in [0.2, 0.25) is 0 Å². The first-order valence-corrected chi connectivity index (χ1v) is 6.99. The first-order chi connectivity index (χ1) is 11.2. The fourth-order valence-corrected chi connectivity index (χ4v) is 1.93. The second kappa shape index (κ2) is 6.77. The summed E-state index contributed by atoms with van der Waals surface area (Å²) >= 11 is 0. The van der Waals surface area contributed by atoms with E-state index in [9.17, 15) is 22.8 Å². The molecule has 0 aliphatic rings. The maximum absolute atomic E-state index is 12.5. The van der Waals surface area contributed by atoms with Crippen molar-refractivity contribution in [2.24, 2.45) is 7.05 Å². The van der Waals surface area contributed by atoms with Crippen LogP contribution in [-0.2, 0) is 22.8 Å². The molecule has 0 spiro atoms. The number of esters is 1. The van der Waals surface area contributed by atoms with Crippen molar-refractivity contribution in [3.63, 3.8) is 0 Å². The van der Waals surface area contributed by atoms with E-state index in [0.717, 1.165) is 24.3 Å². The number of aryl methyl sites for hydroxylation is 1. The highest BCUT2D eigenvalue weighted by Crippen LogP contribution is 2.29. The Morgan fingerprint density at radius 3 is 2.29 bits per heavy atom. The monoisotopic (exact) mass is 340 g/mol. The summed E-state index contributed by atoms with van der Waals surface area (Å²) in [5.41, 5.74) is -0.359. The SMILES string of the molecule is C[C@@H](OC(=O)c1cccn1C)C(=O)Nc1ccc(C(F)(F)F)cc1. The van der Waals surface area contributed by atoms with Gasteiger partial charge in [0.15, 0.2) is 6.10 Å². The highest BCUT2D eigenvalue weighted by molar-refractivity contribution is 5.96. The Labute approximate surface area is 136 Å². The van der Waals surface area contributed by atoms with Crippen molar-refractivity contribution in [1.82, 2.24) is 4.57 Å². The van der Waals surface area contributed by atoms with Crippen LogP contribution >= 0.6 is 0 Å². The molecule has 24 heavy (non-hydrogen) atoms. The molecule has 0 fully saturated rings. The van der Waals surface area contributed by atoms with Crippen molar-refractivity contribution in [3.8, 4) is 0 Å². The summed E-state index contributed by atoms with van der Waals surface area (Å²) < 4.78 is 44.0. The van der Waals surface area contributed by atoms with Crippen molar-refractivity contribution in [3.05, 3.63) is 53.9 Å². The van der Waals surface area contributed by atoms with Gasteiger partial charge in [-0.15, -0.1) is 0 Å². The van der Waals surface area contributed by atoms with Crippen LogP contribution in [-0.4, -0.2) is 22.5 Å². The maximum atomic E-state index is 12.5. The van der Waals surface area contributed by atoms with Gasteiger partial charge in [-0.1, -0.05) is 0 Å². The van der Waals surface area contributed by atoms with E-state index in [2.05, 4.69) is 5.32 Å². The molecular weight excluding hydrogens is 325 g/mol. The maximum Gasteiger partial charge on any atom is 0.416 e. The molecule has 1 atom stereocenters. The summed E-state index contributed by atoms with van der Waals surface area (Å²) in [6.07, 6.45) is -3.89. The number of alkyl halides is 3. The van der Waals surface area contributed by atoms with E-state index in [1.165, 1.54) is 6.92 Å². The normalized spacial score (nSPS) is 12.5. The lowest BCUT2D eigenvalue weighted by Crippen LogP contribution is -2.30. The molecule has 1 aromatic carbocycles. The van der Waals surface area contributed by atoms with E-state index in [1.54, 1.807) is 29.9 Å². The summed E-state index contributed by atoms with van der Waals surface area (Å²) in [7, 11) is 1.66. The number of amides is 1. The highest BCUT2D eigenvalue weighted by Gasteiger charge is 2.30. The van der Waals surface area contributed by atoms with E-state index in [0.29, 0.717) is 0 Å². The van der Waals surface area contributed by atoms with E-state index in [4.69, 9.17) is 4.74 Å². The number of ether oxygens (including phenoxy) is 1. The standard InChI is InChI=1S/C16H15F3N2O3/c1-10(24-15(23)13-4-3-9-21(13)2)14(22)20-12-7-5-11(6-8-12)16(17,18)19/h3-10H,1-2H3,(H,20,22)/t10-/m1/s1. The van der Waals surface area contributed by atoms with Crippen molar-refractivity contribution in [2.75, 3.05) is 5.32 Å². The van der Waals surface area contributed by atoms with Gasteiger partial charge in [0.1, 0.15) is 5.69 Å². The van der Waals surface area contributed by atoms with Gasteiger partial charge < -0.3 is 14.6 Å².